The van der Waals surface area contributed by atoms with Crippen LogP contribution < -0.4 is 4.74 Å². The summed E-state index contributed by atoms with van der Waals surface area (Å²) in [6.45, 7) is 4.46. The maximum absolute atomic E-state index is 12.4. The van der Waals surface area contributed by atoms with Crippen LogP contribution in [0.25, 0.3) is 0 Å². The lowest BCUT2D eigenvalue weighted by Crippen LogP contribution is -2.16. The van der Waals surface area contributed by atoms with Crippen molar-refractivity contribution in [3.63, 3.8) is 0 Å². The van der Waals surface area contributed by atoms with Gasteiger partial charge in [-0.2, -0.15) is 0 Å². The Bertz CT molecular complexity index is 590. The molecule has 0 bridgehead atoms. The Morgan fingerprint density at radius 2 is 1.69 bits per heavy atom. The van der Waals surface area contributed by atoms with Gasteiger partial charge in [-0.3, -0.25) is 0 Å². The van der Waals surface area contributed by atoms with Gasteiger partial charge in [-0.15, -0.1) is 0 Å². The number of hydrogen-bond donors (Lipinski definition) is 0. The zero-order chi connectivity index (χ0) is 18.8. The van der Waals surface area contributed by atoms with Crippen LogP contribution in [0.1, 0.15) is 79.5 Å². The topological polar surface area (TPSA) is 61.8 Å². The van der Waals surface area contributed by atoms with Crippen molar-refractivity contribution in [3.8, 4) is 5.75 Å². The Kier molecular flexibility index (Phi) is 8.45. The Morgan fingerprint density at radius 3 is 2.38 bits per heavy atom. The van der Waals surface area contributed by atoms with Gasteiger partial charge < -0.3 is 14.2 Å². The molecule has 0 N–H and O–H groups in total. The summed E-state index contributed by atoms with van der Waals surface area (Å²) in [6, 6.07) is 4.97. The number of carbonyl (C=O) groups excluding carboxylic acids is 2. The summed E-state index contributed by atoms with van der Waals surface area (Å²) in [4.78, 5) is 24.5. The number of esters is 2. The van der Waals surface area contributed by atoms with E-state index in [4.69, 9.17) is 14.2 Å². The van der Waals surface area contributed by atoms with E-state index in [-0.39, 0.29) is 24.3 Å². The van der Waals surface area contributed by atoms with Crippen molar-refractivity contribution in [1.82, 2.24) is 0 Å². The average Bonchev–Trinajstić information content (AvgIpc) is 2.66. The highest BCUT2D eigenvalue weighted by atomic mass is 16.5. The summed E-state index contributed by atoms with van der Waals surface area (Å²) in [5.74, 6) is 0.0852. The van der Waals surface area contributed by atoms with Crippen molar-refractivity contribution >= 4 is 11.9 Å². The van der Waals surface area contributed by atoms with E-state index in [9.17, 15) is 9.59 Å². The van der Waals surface area contributed by atoms with Gasteiger partial charge in [-0.05, 0) is 44.7 Å². The molecule has 5 nitrogen and oxygen atoms in total. The first-order valence-electron chi connectivity index (χ1n) is 9.77. The normalized spacial score (nSPS) is 14.7. The van der Waals surface area contributed by atoms with Gasteiger partial charge in [0, 0.05) is 0 Å². The molecule has 0 radical (unpaired) electrons. The lowest BCUT2D eigenvalue weighted by atomic mass is 9.86. The minimum atomic E-state index is -0.557. The fraction of sp³-hybridized carbons (Fsp3) is 0.619. The molecule has 0 aromatic heterocycles. The Hall–Kier alpha value is -2.04. The monoisotopic (exact) mass is 362 g/mol. The molecule has 0 heterocycles. The van der Waals surface area contributed by atoms with E-state index in [1.54, 1.807) is 32.0 Å². The maximum Gasteiger partial charge on any atom is 0.342 e. The van der Waals surface area contributed by atoms with Crippen molar-refractivity contribution < 1.29 is 23.8 Å². The van der Waals surface area contributed by atoms with Gasteiger partial charge in [0.1, 0.15) is 11.3 Å². The summed E-state index contributed by atoms with van der Waals surface area (Å²) in [5, 5.41) is 0. The molecule has 1 aliphatic rings. The lowest BCUT2D eigenvalue weighted by Gasteiger charge is -2.21. The third-order valence-corrected chi connectivity index (χ3v) is 4.74. The van der Waals surface area contributed by atoms with E-state index in [0.29, 0.717) is 12.4 Å². The number of carbonyl (C=O) groups is 2. The van der Waals surface area contributed by atoms with E-state index in [2.05, 4.69) is 0 Å². The molecular formula is C21H30O5. The second kappa shape index (κ2) is 10.8. The third kappa shape index (κ3) is 5.75. The molecule has 0 spiro atoms. The van der Waals surface area contributed by atoms with Crippen LogP contribution in [0.4, 0.5) is 0 Å². The Labute approximate surface area is 156 Å². The fourth-order valence-corrected chi connectivity index (χ4v) is 3.47. The quantitative estimate of drug-likeness (QED) is 0.467. The van der Waals surface area contributed by atoms with Crippen LogP contribution in [-0.4, -0.2) is 31.8 Å². The maximum atomic E-state index is 12.4. The van der Waals surface area contributed by atoms with Crippen molar-refractivity contribution in [2.45, 2.75) is 58.8 Å². The molecule has 0 aliphatic heterocycles. The first-order valence-corrected chi connectivity index (χ1v) is 9.77. The van der Waals surface area contributed by atoms with Crippen LogP contribution in [0.15, 0.2) is 18.2 Å². The molecular weight excluding hydrogens is 332 g/mol. The number of rotatable bonds is 9. The molecule has 1 aromatic carbocycles. The van der Waals surface area contributed by atoms with Crippen LogP contribution in [0, 0.1) is 5.92 Å². The van der Waals surface area contributed by atoms with Crippen molar-refractivity contribution in [2.24, 2.45) is 5.92 Å². The van der Waals surface area contributed by atoms with Gasteiger partial charge in [0.15, 0.2) is 0 Å². The van der Waals surface area contributed by atoms with Crippen LogP contribution in [0.2, 0.25) is 0 Å². The molecule has 2 rings (SSSR count). The SMILES string of the molecule is CCOC(=O)c1cccc(OCCCC2CCCCC2)c1C(=O)OCC. The third-order valence-electron chi connectivity index (χ3n) is 4.74. The number of benzene rings is 1. The van der Waals surface area contributed by atoms with Gasteiger partial charge >= 0.3 is 11.9 Å². The van der Waals surface area contributed by atoms with Crippen molar-refractivity contribution in [1.29, 1.82) is 0 Å². The van der Waals surface area contributed by atoms with Gasteiger partial charge in [-0.1, -0.05) is 38.2 Å². The van der Waals surface area contributed by atoms with Crippen LogP contribution in [-0.2, 0) is 9.47 Å². The fourth-order valence-electron chi connectivity index (χ4n) is 3.47. The molecule has 0 unspecified atom stereocenters. The van der Waals surface area contributed by atoms with E-state index in [1.165, 1.54) is 32.1 Å². The molecule has 0 amide bonds. The molecule has 26 heavy (non-hydrogen) atoms. The highest BCUT2D eigenvalue weighted by molar-refractivity contribution is 6.05. The Morgan fingerprint density at radius 1 is 1.00 bits per heavy atom. The molecule has 144 valence electrons. The molecule has 1 aromatic rings. The number of hydrogen-bond acceptors (Lipinski definition) is 5. The Balaban J connectivity index is 2.04. The van der Waals surface area contributed by atoms with Crippen molar-refractivity contribution in [2.75, 3.05) is 19.8 Å². The predicted molar refractivity (Wildman–Crippen MR) is 99.7 cm³/mol. The van der Waals surface area contributed by atoms with E-state index < -0.39 is 11.9 Å². The van der Waals surface area contributed by atoms with Gasteiger partial charge in [0.25, 0.3) is 0 Å². The second-order valence-corrected chi connectivity index (χ2v) is 6.61. The van der Waals surface area contributed by atoms with Gasteiger partial charge in [0.05, 0.1) is 25.4 Å². The molecule has 1 fully saturated rings. The summed E-state index contributed by atoms with van der Waals surface area (Å²) in [6.07, 6.45) is 8.73. The molecule has 1 saturated carbocycles. The largest absolute Gasteiger partial charge is 0.493 e. The van der Waals surface area contributed by atoms with Crippen LogP contribution in [0.5, 0.6) is 5.75 Å². The van der Waals surface area contributed by atoms with Gasteiger partial charge in [-0.25, -0.2) is 9.59 Å². The average molecular weight is 362 g/mol. The zero-order valence-electron chi connectivity index (χ0n) is 15.9. The van der Waals surface area contributed by atoms with E-state index >= 15 is 0 Å². The summed E-state index contributed by atoms with van der Waals surface area (Å²) >= 11 is 0. The molecule has 0 atom stereocenters. The molecule has 5 heteroatoms. The van der Waals surface area contributed by atoms with Crippen LogP contribution >= 0.6 is 0 Å². The predicted octanol–water partition coefficient (Wildman–Crippen LogP) is 4.78. The summed E-state index contributed by atoms with van der Waals surface area (Å²) in [5.41, 5.74) is 0.348. The second-order valence-electron chi connectivity index (χ2n) is 6.61. The van der Waals surface area contributed by atoms with E-state index in [1.807, 2.05) is 0 Å². The standard InChI is InChI=1S/C21H30O5/c1-3-24-20(22)17-13-8-14-18(19(17)21(23)25-4-2)26-15-9-12-16-10-6-5-7-11-16/h8,13-14,16H,3-7,9-12,15H2,1-2H3. The lowest BCUT2D eigenvalue weighted by molar-refractivity contribution is 0.0474. The number of ether oxygens (including phenoxy) is 3. The highest BCUT2D eigenvalue weighted by Gasteiger charge is 2.24. The van der Waals surface area contributed by atoms with Gasteiger partial charge in [0.2, 0.25) is 0 Å². The highest BCUT2D eigenvalue weighted by Crippen LogP contribution is 2.28. The van der Waals surface area contributed by atoms with E-state index in [0.717, 1.165) is 18.8 Å². The summed E-state index contributed by atoms with van der Waals surface area (Å²) in [7, 11) is 0. The summed E-state index contributed by atoms with van der Waals surface area (Å²) < 4.78 is 16.0. The smallest absolute Gasteiger partial charge is 0.342 e. The van der Waals surface area contributed by atoms with Crippen LogP contribution in [0.3, 0.4) is 0 Å². The first-order chi connectivity index (χ1) is 12.7. The molecule has 1 aliphatic carbocycles. The minimum absolute atomic E-state index is 0.158. The van der Waals surface area contributed by atoms with Crippen molar-refractivity contribution in [3.05, 3.63) is 29.3 Å². The minimum Gasteiger partial charge on any atom is -0.493 e. The first kappa shape index (κ1) is 20.3. The zero-order valence-corrected chi connectivity index (χ0v) is 15.9. The molecule has 0 saturated heterocycles.